The van der Waals surface area contributed by atoms with E-state index in [4.69, 9.17) is 4.74 Å². The number of carbonyl (C=O) groups is 1. The summed E-state index contributed by atoms with van der Waals surface area (Å²) in [5.74, 6) is 0.273. The Hall–Kier alpha value is -2.23. The van der Waals surface area contributed by atoms with Crippen LogP contribution in [-0.4, -0.2) is 23.1 Å². The van der Waals surface area contributed by atoms with Gasteiger partial charge in [-0.2, -0.15) is 0 Å². The molecular formula is C14H14N2O2. The first-order valence-corrected chi connectivity index (χ1v) is 5.76. The largest absolute Gasteiger partial charge is 0.480 e. The van der Waals surface area contributed by atoms with Gasteiger partial charge in [0, 0.05) is 11.6 Å². The fourth-order valence-corrected chi connectivity index (χ4v) is 1.63. The molecule has 2 aromatic rings. The van der Waals surface area contributed by atoms with Crippen LogP contribution in [0.2, 0.25) is 0 Å². The molecule has 0 amide bonds. The number of carbonyl (C=O) groups excluding carboxylic acids is 1. The second-order valence-electron chi connectivity index (χ2n) is 3.84. The number of hydrogen-bond donors (Lipinski definition) is 0. The molecule has 1 aromatic heterocycles. The van der Waals surface area contributed by atoms with Crippen LogP contribution in [0.15, 0.2) is 36.4 Å². The lowest BCUT2D eigenvalue weighted by Gasteiger charge is -2.03. The lowest BCUT2D eigenvalue weighted by atomic mass is 10.0. The summed E-state index contributed by atoms with van der Waals surface area (Å²) in [5, 5.41) is 7.65. The summed E-state index contributed by atoms with van der Waals surface area (Å²) in [4.78, 5) is 12.2. The molecule has 4 nitrogen and oxygen atoms in total. The summed E-state index contributed by atoms with van der Waals surface area (Å²) in [5.41, 5.74) is 2.08. The fraction of sp³-hybridized carbons (Fsp3) is 0.214. The molecule has 4 heteroatoms. The van der Waals surface area contributed by atoms with Crippen LogP contribution in [0.5, 0.6) is 5.88 Å². The van der Waals surface area contributed by atoms with Crippen molar-refractivity contribution in [2.75, 3.05) is 7.11 Å². The Morgan fingerprint density at radius 3 is 2.67 bits per heavy atom. The zero-order valence-electron chi connectivity index (χ0n) is 10.4. The van der Waals surface area contributed by atoms with Crippen LogP contribution in [0.1, 0.15) is 28.5 Å². The monoisotopic (exact) mass is 242 g/mol. The molecular weight excluding hydrogens is 228 g/mol. The van der Waals surface area contributed by atoms with Gasteiger partial charge in [0.05, 0.1) is 7.11 Å². The maximum Gasteiger partial charge on any atom is 0.233 e. The lowest BCUT2D eigenvalue weighted by molar-refractivity contribution is 0.103. The summed E-state index contributed by atoms with van der Waals surface area (Å²) in [6.45, 7) is 2.05. The zero-order chi connectivity index (χ0) is 13.0. The zero-order valence-corrected chi connectivity index (χ0v) is 10.4. The summed E-state index contributed by atoms with van der Waals surface area (Å²) < 4.78 is 4.91. The quantitative estimate of drug-likeness (QED) is 0.772. The minimum Gasteiger partial charge on any atom is -0.480 e. The molecule has 0 spiro atoms. The van der Waals surface area contributed by atoms with E-state index in [9.17, 15) is 4.79 Å². The van der Waals surface area contributed by atoms with Crippen molar-refractivity contribution >= 4 is 5.78 Å². The van der Waals surface area contributed by atoms with Crippen molar-refractivity contribution in [1.29, 1.82) is 0 Å². The topological polar surface area (TPSA) is 52.1 Å². The molecule has 0 aliphatic heterocycles. The Morgan fingerprint density at radius 1 is 1.22 bits per heavy atom. The van der Waals surface area contributed by atoms with Crippen LogP contribution in [0, 0.1) is 0 Å². The molecule has 2 rings (SSSR count). The predicted molar refractivity (Wildman–Crippen MR) is 67.8 cm³/mol. The van der Waals surface area contributed by atoms with Crippen molar-refractivity contribution in [2.45, 2.75) is 13.3 Å². The summed E-state index contributed by atoms with van der Waals surface area (Å²) in [6, 6.07) is 10.8. The minimum atomic E-state index is -0.125. The molecule has 1 heterocycles. The molecule has 0 aliphatic rings. The second kappa shape index (κ2) is 5.40. The van der Waals surface area contributed by atoms with E-state index in [0.717, 1.165) is 12.0 Å². The number of ether oxygens (including phenoxy) is 1. The van der Waals surface area contributed by atoms with E-state index in [-0.39, 0.29) is 5.78 Å². The Balaban J connectivity index is 2.29. The molecule has 0 N–H and O–H groups in total. The molecule has 0 atom stereocenters. The predicted octanol–water partition coefficient (Wildman–Crippen LogP) is 2.28. The van der Waals surface area contributed by atoms with Crippen LogP contribution in [0.25, 0.3) is 0 Å². The first-order valence-electron chi connectivity index (χ1n) is 5.76. The summed E-state index contributed by atoms with van der Waals surface area (Å²) >= 11 is 0. The van der Waals surface area contributed by atoms with Gasteiger partial charge in [0.2, 0.25) is 11.7 Å². The van der Waals surface area contributed by atoms with E-state index < -0.39 is 0 Å². The molecule has 0 saturated heterocycles. The Morgan fingerprint density at radius 2 is 2.06 bits per heavy atom. The molecule has 0 fully saturated rings. The molecule has 0 bridgehead atoms. The van der Waals surface area contributed by atoms with Crippen molar-refractivity contribution in [3.63, 3.8) is 0 Å². The van der Waals surface area contributed by atoms with Gasteiger partial charge < -0.3 is 4.74 Å². The van der Waals surface area contributed by atoms with E-state index >= 15 is 0 Å². The van der Waals surface area contributed by atoms with E-state index in [1.807, 2.05) is 18.2 Å². The number of nitrogens with zero attached hydrogens (tertiary/aromatic N) is 2. The number of benzene rings is 1. The third-order valence-electron chi connectivity index (χ3n) is 2.68. The standard InChI is InChI=1S/C14H14N2O2/c1-3-10-5-4-6-11(9-10)14(17)12-7-8-13(18-2)16-15-12/h4-9H,3H2,1-2H3. The average Bonchev–Trinajstić information content (AvgIpc) is 2.46. The van der Waals surface area contributed by atoms with Crippen molar-refractivity contribution in [3.8, 4) is 5.88 Å². The van der Waals surface area contributed by atoms with Gasteiger partial charge in [-0.1, -0.05) is 25.1 Å². The lowest BCUT2D eigenvalue weighted by Crippen LogP contribution is -2.06. The summed E-state index contributed by atoms with van der Waals surface area (Å²) in [6.07, 6.45) is 0.898. The number of hydrogen-bond acceptors (Lipinski definition) is 4. The number of rotatable bonds is 4. The van der Waals surface area contributed by atoms with E-state index in [2.05, 4.69) is 17.1 Å². The molecule has 18 heavy (non-hydrogen) atoms. The van der Waals surface area contributed by atoms with Gasteiger partial charge in [0.1, 0.15) is 5.69 Å². The van der Waals surface area contributed by atoms with Crippen LogP contribution in [-0.2, 0) is 6.42 Å². The molecule has 92 valence electrons. The average molecular weight is 242 g/mol. The first kappa shape index (κ1) is 12.2. The smallest absolute Gasteiger partial charge is 0.233 e. The molecule has 0 aliphatic carbocycles. The van der Waals surface area contributed by atoms with Crippen molar-refractivity contribution in [2.24, 2.45) is 0 Å². The van der Waals surface area contributed by atoms with Gasteiger partial charge in [-0.15, -0.1) is 10.2 Å². The van der Waals surface area contributed by atoms with E-state index in [1.54, 1.807) is 18.2 Å². The van der Waals surface area contributed by atoms with Crippen LogP contribution in [0.3, 0.4) is 0 Å². The first-order chi connectivity index (χ1) is 8.74. The normalized spacial score (nSPS) is 10.1. The molecule has 0 saturated carbocycles. The molecule has 0 unspecified atom stereocenters. The maximum atomic E-state index is 12.2. The van der Waals surface area contributed by atoms with Crippen LogP contribution in [0.4, 0.5) is 0 Å². The molecule has 0 radical (unpaired) electrons. The fourth-order valence-electron chi connectivity index (χ4n) is 1.63. The number of aryl methyl sites for hydroxylation is 1. The maximum absolute atomic E-state index is 12.2. The number of aromatic nitrogens is 2. The third-order valence-corrected chi connectivity index (χ3v) is 2.68. The number of ketones is 1. The Bertz CT molecular complexity index is 550. The Labute approximate surface area is 106 Å². The van der Waals surface area contributed by atoms with Gasteiger partial charge in [0.25, 0.3) is 0 Å². The van der Waals surface area contributed by atoms with Crippen molar-refractivity contribution in [1.82, 2.24) is 10.2 Å². The van der Waals surface area contributed by atoms with Gasteiger partial charge in [0.15, 0.2) is 0 Å². The van der Waals surface area contributed by atoms with Crippen LogP contribution < -0.4 is 4.74 Å². The van der Waals surface area contributed by atoms with Gasteiger partial charge in [-0.25, -0.2) is 0 Å². The Kier molecular flexibility index (Phi) is 3.67. The van der Waals surface area contributed by atoms with Crippen LogP contribution >= 0.6 is 0 Å². The highest BCUT2D eigenvalue weighted by Crippen LogP contribution is 2.12. The summed E-state index contributed by atoms with van der Waals surface area (Å²) in [7, 11) is 1.51. The molecule has 1 aromatic carbocycles. The highest BCUT2D eigenvalue weighted by molar-refractivity contribution is 6.07. The third kappa shape index (κ3) is 2.53. The second-order valence-corrected chi connectivity index (χ2v) is 3.84. The van der Waals surface area contributed by atoms with Crippen molar-refractivity contribution in [3.05, 3.63) is 53.2 Å². The highest BCUT2D eigenvalue weighted by Gasteiger charge is 2.11. The highest BCUT2D eigenvalue weighted by atomic mass is 16.5. The van der Waals surface area contributed by atoms with Gasteiger partial charge in [-0.05, 0) is 24.1 Å². The number of methoxy groups -OCH3 is 1. The van der Waals surface area contributed by atoms with E-state index in [0.29, 0.717) is 17.1 Å². The SMILES string of the molecule is CCc1cccc(C(=O)c2ccc(OC)nn2)c1. The minimum absolute atomic E-state index is 0.125. The van der Waals surface area contributed by atoms with E-state index in [1.165, 1.54) is 7.11 Å². The van der Waals surface area contributed by atoms with Gasteiger partial charge >= 0.3 is 0 Å². The van der Waals surface area contributed by atoms with Gasteiger partial charge in [-0.3, -0.25) is 4.79 Å². The van der Waals surface area contributed by atoms with Crippen molar-refractivity contribution < 1.29 is 9.53 Å².